The van der Waals surface area contributed by atoms with Crippen LogP contribution in [0.4, 0.5) is 0 Å². The van der Waals surface area contributed by atoms with E-state index in [1.807, 2.05) is 23.6 Å². The predicted octanol–water partition coefficient (Wildman–Crippen LogP) is 4.05. The number of benzene rings is 2. The summed E-state index contributed by atoms with van der Waals surface area (Å²) in [6, 6.07) is 19.0. The molecule has 0 aliphatic heterocycles. The van der Waals surface area contributed by atoms with E-state index in [1.54, 1.807) is 30.3 Å². The maximum Gasteiger partial charge on any atom is 0.252 e. The van der Waals surface area contributed by atoms with E-state index in [2.05, 4.69) is 17.4 Å². The van der Waals surface area contributed by atoms with E-state index in [-0.39, 0.29) is 11.7 Å². The highest BCUT2D eigenvalue weighted by Gasteiger charge is 2.26. The van der Waals surface area contributed by atoms with Crippen LogP contribution in [0.3, 0.4) is 0 Å². The Hall–Kier alpha value is -2.72. The molecule has 3 aromatic rings. The molecule has 0 fully saturated rings. The second kappa shape index (κ2) is 6.65. The van der Waals surface area contributed by atoms with E-state index in [4.69, 9.17) is 0 Å². The molecule has 4 heteroatoms. The fourth-order valence-corrected chi connectivity index (χ4v) is 3.95. The van der Waals surface area contributed by atoms with Gasteiger partial charge in [-0.3, -0.25) is 9.59 Å². The number of hydrogen-bond donors (Lipinski definition) is 1. The van der Waals surface area contributed by atoms with Gasteiger partial charge < -0.3 is 5.32 Å². The standard InChI is InChI=1S/C21H17NO2S/c23-20(19-10-5-11-25-19)17-8-3-4-9-18(17)21(24)22-13-15-12-14-6-1-2-7-16(14)15/h1-11,15H,12-13H2,(H,22,24). The second-order valence-corrected chi connectivity index (χ2v) is 7.11. The molecule has 1 unspecified atom stereocenters. The normalized spacial score (nSPS) is 15.1. The van der Waals surface area contributed by atoms with Gasteiger partial charge in [0.1, 0.15) is 0 Å². The average molecular weight is 347 g/mol. The van der Waals surface area contributed by atoms with Crippen LogP contribution in [0.2, 0.25) is 0 Å². The van der Waals surface area contributed by atoms with E-state index in [1.165, 1.54) is 22.5 Å². The minimum atomic E-state index is -0.190. The topological polar surface area (TPSA) is 46.2 Å². The summed E-state index contributed by atoms with van der Waals surface area (Å²) in [6.07, 6.45) is 0.992. The van der Waals surface area contributed by atoms with Crippen molar-refractivity contribution >= 4 is 23.0 Å². The lowest BCUT2D eigenvalue weighted by Gasteiger charge is -2.30. The number of amides is 1. The summed E-state index contributed by atoms with van der Waals surface area (Å²) >= 11 is 1.39. The summed E-state index contributed by atoms with van der Waals surface area (Å²) in [5, 5.41) is 4.86. The van der Waals surface area contributed by atoms with E-state index in [9.17, 15) is 9.59 Å². The molecule has 1 atom stereocenters. The fourth-order valence-electron chi connectivity index (χ4n) is 3.28. The highest BCUT2D eigenvalue weighted by Crippen LogP contribution is 2.34. The van der Waals surface area contributed by atoms with Crippen molar-refractivity contribution in [2.75, 3.05) is 6.54 Å². The van der Waals surface area contributed by atoms with E-state index < -0.39 is 0 Å². The number of ketones is 1. The molecule has 1 aromatic heterocycles. The smallest absolute Gasteiger partial charge is 0.252 e. The number of fused-ring (bicyclic) bond motifs is 1. The predicted molar refractivity (Wildman–Crippen MR) is 99.4 cm³/mol. The Balaban J connectivity index is 1.49. The number of rotatable bonds is 5. The van der Waals surface area contributed by atoms with Crippen LogP contribution in [0, 0.1) is 0 Å². The second-order valence-electron chi connectivity index (χ2n) is 6.16. The highest BCUT2D eigenvalue weighted by molar-refractivity contribution is 7.12. The third kappa shape index (κ3) is 3.01. The molecule has 0 saturated heterocycles. The number of nitrogens with one attached hydrogen (secondary N) is 1. The van der Waals surface area contributed by atoms with Gasteiger partial charge >= 0.3 is 0 Å². The van der Waals surface area contributed by atoms with Gasteiger partial charge in [0.05, 0.1) is 10.4 Å². The summed E-state index contributed by atoms with van der Waals surface area (Å²) in [7, 11) is 0. The molecule has 0 spiro atoms. The van der Waals surface area contributed by atoms with Crippen molar-refractivity contribution in [1.82, 2.24) is 5.32 Å². The lowest BCUT2D eigenvalue weighted by molar-refractivity contribution is 0.0939. The van der Waals surface area contributed by atoms with Crippen molar-refractivity contribution < 1.29 is 9.59 Å². The molecule has 25 heavy (non-hydrogen) atoms. The number of hydrogen-bond acceptors (Lipinski definition) is 3. The summed E-state index contributed by atoms with van der Waals surface area (Å²) in [5.74, 6) is 0.0694. The Labute approximate surface area is 150 Å². The van der Waals surface area contributed by atoms with Gasteiger partial charge in [0.25, 0.3) is 5.91 Å². The first kappa shape index (κ1) is 15.8. The third-order valence-corrected chi connectivity index (χ3v) is 5.50. The van der Waals surface area contributed by atoms with Gasteiger partial charge in [-0.2, -0.15) is 0 Å². The maximum absolute atomic E-state index is 12.6. The maximum atomic E-state index is 12.6. The minimum Gasteiger partial charge on any atom is -0.351 e. The van der Waals surface area contributed by atoms with Gasteiger partial charge in [0.2, 0.25) is 5.78 Å². The molecule has 3 nitrogen and oxygen atoms in total. The summed E-state index contributed by atoms with van der Waals surface area (Å²) in [4.78, 5) is 25.9. The van der Waals surface area contributed by atoms with Crippen molar-refractivity contribution in [3.8, 4) is 0 Å². The molecule has 4 rings (SSSR count). The molecule has 0 radical (unpaired) electrons. The van der Waals surface area contributed by atoms with Gasteiger partial charge in [-0.05, 0) is 35.1 Å². The van der Waals surface area contributed by atoms with Crippen LogP contribution in [-0.2, 0) is 6.42 Å². The molecule has 124 valence electrons. The lowest BCUT2D eigenvalue weighted by atomic mass is 9.77. The molecule has 1 aliphatic rings. The molecule has 2 aromatic carbocycles. The zero-order chi connectivity index (χ0) is 17.2. The van der Waals surface area contributed by atoms with Crippen molar-refractivity contribution in [1.29, 1.82) is 0 Å². The van der Waals surface area contributed by atoms with Gasteiger partial charge in [-0.25, -0.2) is 0 Å². The van der Waals surface area contributed by atoms with Crippen LogP contribution in [-0.4, -0.2) is 18.2 Å². The average Bonchev–Trinajstić information content (AvgIpc) is 3.16. The number of carbonyl (C=O) groups excluding carboxylic acids is 2. The monoisotopic (exact) mass is 347 g/mol. The highest BCUT2D eigenvalue weighted by atomic mass is 32.1. The Bertz CT molecular complexity index is 931. The summed E-state index contributed by atoms with van der Waals surface area (Å²) < 4.78 is 0. The summed E-state index contributed by atoms with van der Waals surface area (Å²) in [6.45, 7) is 0.595. The Kier molecular flexibility index (Phi) is 4.20. The van der Waals surface area contributed by atoms with Crippen LogP contribution in [0.15, 0.2) is 66.0 Å². The van der Waals surface area contributed by atoms with Gasteiger partial charge in [0, 0.05) is 18.0 Å². The first-order valence-corrected chi connectivity index (χ1v) is 9.15. The van der Waals surface area contributed by atoms with Crippen LogP contribution >= 0.6 is 11.3 Å². The van der Waals surface area contributed by atoms with Crippen LogP contribution in [0.1, 0.15) is 42.6 Å². The molecule has 1 aliphatic carbocycles. The largest absolute Gasteiger partial charge is 0.351 e. The minimum absolute atomic E-state index is 0.102. The molecule has 1 heterocycles. The zero-order valence-corrected chi connectivity index (χ0v) is 14.4. The molecular formula is C21H17NO2S. The van der Waals surface area contributed by atoms with Crippen molar-refractivity contribution in [3.05, 3.63) is 93.2 Å². The first-order valence-electron chi connectivity index (χ1n) is 8.27. The van der Waals surface area contributed by atoms with Gasteiger partial charge in [-0.15, -0.1) is 11.3 Å². The Morgan fingerprint density at radius 3 is 2.48 bits per heavy atom. The zero-order valence-electron chi connectivity index (χ0n) is 13.6. The SMILES string of the molecule is O=C(NCC1Cc2ccccc21)c1ccccc1C(=O)c1cccs1. The Morgan fingerprint density at radius 2 is 1.72 bits per heavy atom. The molecule has 1 amide bonds. The molecule has 0 bridgehead atoms. The number of thiophene rings is 1. The molecule has 1 N–H and O–H groups in total. The van der Waals surface area contributed by atoms with Crippen molar-refractivity contribution in [3.63, 3.8) is 0 Å². The fraction of sp³-hybridized carbons (Fsp3) is 0.143. The van der Waals surface area contributed by atoms with Gasteiger partial charge in [0.15, 0.2) is 0 Å². The lowest BCUT2D eigenvalue weighted by Crippen LogP contribution is -2.33. The molecular weight excluding hydrogens is 330 g/mol. The van der Waals surface area contributed by atoms with Crippen LogP contribution in [0.25, 0.3) is 0 Å². The third-order valence-electron chi connectivity index (χ3n) is 4.63. The van der Waals surface area contributed by atoms with Crippen molar-refractivity contribution in [2.24, 2.45) is 0 Å². The van der Waals surface area contributed by atoms with Crippen molar-refractivity contribution in [2.45, 2.75) is 12.3 Å². The van der Waals surface area contributed by atoms with Crippen LogP contribution in [0.5, 0.6) is 0 Å². The summed E-state index contributed by atoms with van der Waals surface area (Å²) in [5.41, 5.74) is 3.56. The van der Waals surface area contributed by atoms with E-state index >= 15 is 0 Å². The quantitative estimate of drug-likeness (QED) is 0.708. The van der Waals surface area contributed by atoms with Gasteiger partial charge in [-0.1, -0.05) is 48.5 Å². The molecule has 0 saturated carbocycles. The first-order chi connectivity index (χ1) is 12.2. The Morgan fingerprint density at radius 1 is 0.960 bits per heavy atom. The number of carbonyl (C=O) groups is 2. The van der Waals surface area contributed by atoms with E-state index in [0.717, 1.165) is 6.42 Å². The van der Waals surface area contributed by atoms with Crippen LogP contribution < -0.4 is 5.32 Å². The van der Waals surface area contributed by atoms with E-state index in [0.29, 0.717) is 28.5 Å².